The largest absolute Gasteiger partial charge is 0.463 e. The number of rotatable bonds is 13. The fourth-order valence-corrected chi connectivity index (χ4v) is 11.1. The first-order chi connectivity index (χ1) is 24.6. The van der Waals surface area contributed by atoms with Gasteiger partial charge in [-0.25, -0.2) is 13.6 Å². The molecule has 1 aliphatic heterocycles. The molecular weight excluding hydrogens is 707 g/mol. The standard InChI is InChI=1S/C36H39F5N4O6Si/c1-34(2,3)52(26-11-7-5-8-12-26,27-13-9-6-10-14-27)50-21-25-20-49-30(22-48-25)35(37,38)23-45(18-17-43-44-42)31-28-19-24(36(39,40)41)15-16-29(28)51-32(31)33(46)47-4/h5-16,19,25,30H,17-18,20-23H2,1-4H3. The van der Waals surface area contributed by atoms with Crippen molar-refractivity contribution in [3.05, 3.63) is 101 Å². The third-order valence-corrected chi connectivity index (χ3v) is 14.0. The van der Waals surface area contributed by atoms with Crippen LogP contribution in [0.25, 0.3) is 21.4 Å². The summed E-state index contributed by atoms with van der Waals surface area (Å²) in [4.78, 5) is 16.3. The number of hydrogen-bond donors (Lipinski definition) is 0. The zero-order chi connectivity index (χ0) is 37.7. The molecule has 5 rings (SSSR count). The van der Waals surface area contributed by atoms with Crippen LogP contribution in [0.2, 0.25) is 5.04 Å². The van der Waals surface area contributed by atoms with Crippen LogP contribution in [0, 0.1) is 0 Å². The Morgan fingerprint density at radius 3 is 2.12 bits per heavy atom. The monoisotopic (exact) mass is 746 g/mol. The summed E-state index contributed by atoms with van der Waals surface area (Å²) in [5.74, 6) is -5.37. The van der Waals surface area contributed by atoms with Crippen LogP contribution in [-0.2, 0) is 24.8 Å². The van der Waals surface area contributed by atoms with Crippen molar-refractivity contribution in [1.29, 1.82) is 0 Å². The highest BCUT2D eigenvalue weighted by atomic mass is 28.4. The Kier molecular flexibility index (Phi) is 11.7. The lowest BCUT2D eigenvalue weighted by Gasteiger charge is -2.44. The fraction of sp³-hybridized carbons (Fsp3) is 0.417. The van der Waals surface area contributed by atoms with Crippen molar-refractivity contribution in [3.63, 3.8) is 0 Å². The van der Waals surface area contributed by atoms with Crippen molar-refractivity contribution in [2.24, 2.45) is 5.11 Å². The maximum absolute atomic E-state index is 16.1. The van der Waals surface area contributed by atoms with Gasteiger partial charge in [-0.2, -0.15) is 13.2 Å². The zero-order valence-electron chi connectivity index (χ0n) is 29.0. The number of azide groups is 1. The third kappa shape index (κ3) is 8.11. The number of alkyl halides is 5. The van der Waals surface area contributed by atoms with Gasteiger partial charge in [0.15, 0.2) is 0 Å². The number of fused-ring (bicyclic) bond motifs is 1. The lowest BCUT2D eigenvalue weighted by Crippen LogP contribution is -2.67. The van der Waals surface area contributed by atoms with Gasteiger partial charge >= 0.3 is 12.1 Å². The highest BCUT2D eigenvalue weighted by molar-refractivity contribution is 6.99. The number of carbonyl (C=O) groups is 1. The Morgan fingerprint density at radius 2 is 1.60 bits per heavy atom. The number of carbonyl (C=O) groups excluding carboxylic acids is 1. The lowest BCUT2D eigenvalue weighted by molar-refractivity contribution is -0.216. The summed E-state index contributed by atoms with van der Waals surface area (Å²) >= 11 is 0. The molecule has 0 amide bonds. The van der Waals surface area contributed by atoms with Crippen LogP contribution in [0.5, 0.6) is 0 Å². The van der Waals surface area contributed by atoms with E-state index >= 15 is 8.78 Å². The van der Waals surface area contributed by atoms with Crippen molar-refractivity contribution >= 4 is 41.3 Å². The predicted molar refractivity (Wildman–Crippen MR) is 187 cm³/mol. The van der Waals surface area contributed by atoms with Crippen LogP contribution in [-0.4, -0.2) is 79.0 Å². The smallest absolute Gasteiger partial charge is 0.416 e. The Labute approximate surface area is 298 Å². The fourth-order valence-electron chi connectivity index (χ4n) is 6.51. The highest BCUT2D eigenvalue weighted by Crippen LogP contribution is 2.41. The Bertz CT molecular complexity index is 1830. The molecule has 4 aromatic rings. The summed E-state index contributed by atoms with van der Waals surface area (Å²) in [5.41, 5.74) is 7.23. The molecule has 1 aliphatic rings. The van der Waals surface area contributed by atoms with Crippen LogP contribution in [0.3, 0.4) is 0 Å². The summed E-state index contributed by atoms with van der Waals surface area (Å²) in [6.07, 6.45) is -7.23. The van der Waals surface area contributed by atoms with Gasteiger partial charge in [-0.3, -0.25) is 0 Å². The number of methoxy groups -OCH3 is 1. The van der Waals surface area contributed by atoms with E-state index in [2.05, 4.69) is 30.8 Å². The molecule has 2 heterocycles. The second-order valence-electron chi connectivity index (χ2n) is 13.4. The minimum Gasteiger partial charge on any atom is -0.463 e. The van der Waals surface area contributed by atoms with E-state index in [1.54, 1.807) is 0 Å². The molecular formula is C36H39F5N4O6Si. The second kappa shape index (κ2) is 15.6. The Balaban J connectivity index is 1.38. The molecule has 278 valence electrons. The van der Waals surface area contributed by atoms with Gasteiger partial charge in [0.2, 0.25) is 5.76 Å². The van der Waals surface area contributed by atoms with Gasteiger partial charge in [-0.1, -0.05) is 86.5 Å². The minimum absolute atomic E-state index is 0.0644. The van der Waals surface area contributed by atoms with Crippen molar-refractivity contribution < 1.29 is 49.8 Å². The summed E-state index contributed by atoms with van der Waals surface area (Å²) < 4.78 is 102. The van der Waals surface area contributed by atoms with Crippen molar-refractivity contribution in [3.8, 4) is 0 Å². The molecule has 52 heavy (non-hydrogen) atoms. The maximum Gasteiger partial charge on any atom is 0.416 e. The average Bonchev–Trinajstić information content (AvgIpc) is 3.50. The number of halogens is 5. The molecule has 0 bridgehead atoms. The van der Waals surface area contributed by atoms with E-state index in [4.69, 9.17) is 28.6 Å². The van der Waals surface area contributed by atoms with Gasteiger partial charge in [0.05, 0.1) is 44.7 Å². The summed E-state index contributed by atoms with van der Waals surface area (Å²) in [7, 11) is -1.94. The van der Waals surface area contributed by atoms with E-state index in [-0.39, 0.29) is 41.5 Å². The van der Waals surface area contributed by atoms with E-state index in [0.29, 0.717) is 6.07 Å². The highest BCUT2D eigenvalue weighted by Gasteiger charge is 2.51. The topological polar surface area (TPSA) is 119 Å². The molecule has 0 aliphatic carbocycles. The van der Waals surface area contributed by atoms with Gasteiger partial charge in [-0.15, -0.1) is 0 Å². The first-order valence-electron chi connectivity index (χ1n) is 16.5. The number of ether oxygens (including phenoxy) is 3. The molecule has 3 aromatic carbocycles. The van der Waals surface area contributed by atoms with Crippen LogP contribution in [0.15, 0.2) is 88.4 Å². The summed E-state index contributed by atoms with van der Waals surface area (Å²) in [5, 5.41) is 4.89. The molecule has 0 radical (unpaired) electrons. The third-order valence-electron chi connectivity index (χ3n) is 8.95. The van der Waals surface area contributed by atoms with Gasteiger partial charge in [-0.05, 0) is 39.1 Å². The Morgan fingerprint density at radius 1 is 0.962 bits per heavy atom. The summed E-state index contributed by atoms with van der Waals surface area (Å²) in [6, 6.07) is 22.2. The van der Waals surface area contributed by atoms with E-state index in [1.165, 1.54) is 0 Å². The number of furan rings is 1. The normalized spacial score (nSPS) is 17.1. The van der Waals surface area contributed by atoms with Gasteiger partial charge < -0.3 is 28.0 Å². The maximum atomic E-state index is 16.1. The SMILES string of the molecule is COC(=O)c1oc2ccc(C(F)(F)F)cc2c1N(CCN=[N+]=[N-])CC(F)(F)C1COC(CO[Si](c2ccccc2)(c2ccccc2)C(C)(C)C)CO1. The molecule has 0 N–H and O–H groups in total. The quantitative estimate of drug-likeness (QED) is 0.0351. The molecule has 0 saturated carbocycles. The first-order valence-corrected chi connectivity index (χ1v) is 18.4. The zero-order valence-corrected chi connectivity index (χ0v) is 30.0. The molecule has 0 spiro atoms. The summed E-state index contributed by atoms with van der Waals surface area (Å²) in [6.45, 7) is 3.73. The van der Waals surface area contributed by atoms with E-state index in [1.807, 2.05) is 60.7 Å². The van der Waals surface area contributed by atoms with Crippen molar-refractivity contribution in [2.75, 3.05) is 51.5 Å². The lowest BCUT2D eigenvalue weighted by atomic mass is 10.1. The molecule has 2 atom stereocenters. The molecule has 16 heteroatoms. The van der Waals surface area contributed by atoms with Crippen LogP contribution in [0.1, 0.15) is 36.9 Å². The number of anilines is 1. The van der Waals surface area contributed by atoms with E-state index in [0.717, 1.165) is 34.5 Å². The molecule has 1 aromatic heterocycles. The van der Waals surface area contributed by atoms with Gasteiger partial charge in [0, 0.05) is 23.4 Å². The molecule has 1 fully saturated rings. The van der Waals surface area contributed by atoms with Crippen molar-refractivity contribution in [1.82, 2.24) is 0 Å². The number of hydrogen-bond acceptors (Lipinski definition) is 8. The second-order valence-corrected chi connectivity index (χ2v) is 17.7. The van der Waals surface area contributed by atoms with Crippen LogP contribution >= 0.6 is 0 Å². The van der Waals surface area contributed by atoms with Gasteiger partial charge in [0.25, 0.3) is 14.2 Å². The molecule has 1 saturated heterocycles. The van der Waals surface area contributed by atoms with E-state index in [9.17, 15) is 18.0 Å². The first kappa shape index (κ1) is 38.8. The Hall–Kier alpha value is -4.47. The van der Waals surface area contributed by atoms with E-state index < -0.39 is 69.6 Å². The van der Waals surface area contributed by atoms with Crippen LogP contribution < -0.4 is 15.3 Å². The van der Waals surface area contributed by atoms with Crippen LogP contribution in [0.4, 0.5) is 27.6 Å². The molecule has 2 unspecified atom stereocenters. The predicted octanol–water partition coefficient (Wildman–Crippen LogP) is 7.35. The van der Waals surface area contributed by atoms with Crippen molar-refractivity contribution in [2.45, 2.75) is 50.1 Å². The number of benzene rings is 3. The molecule has 10 nitrogen and oxygen atoms in total. The number of esters is 1. The average molecular weight is 747 g/mol. The van der Waals surface area contributed by atoms with Gasteiger partial charge in [0.1, 0.15) is 17.8 Å². The minimum atomic E-state index is -4.78. The number of nitrogens with zero attached hydrogens (tertiary/aromatic N) is 4.